The molecule has 1 amide bonds. The van der Waals surface area contributed by atoms with E-state index in [0.29, 0.717) is 22.6 Å². The number of hydrazone groups is 1. The summed E-state index contributed by atoms with van der Waals surface area (Å²) in [7, 11) is 0. The fraction of sp³-hybridized carbons (Fsp3) is 0.118. The minimum atomic E-state index is -0.499. The molecule has 0 heterocycles. The predicted octanol–water partition coefficient (Wildman–Crippen LogP) is 2.39. The number of nitriles is 1. The van der Waals surface area contributed by atoms with Crippen molar-refractivity contribution in [2.45, 2.75) is 6.92 Å². The monoisotopic (exact) mass is 338 g/mol. The van der Waals surface area contributed by atoms with Crippen molar-refractivity contribution in [3.05, 3.63) is 69.8 Å². The fourth-order valence-corrected chi connectivity index (χ4v) is 1.86. The van der Waals surface area contributed by atoms with E-state index >= 15 is 0 Å². The van der Waals surface area contributed by atoms with Gasteiger partial charge in [0.2, 0.25) is 0 Å². The number of rotatable bonds is 6. The number of non-ortho nitro benzene ring substituents is 1. The Labute approximate surface area is 143 Å². The van der Waals surface area contributed by atoms with Crippen LogP contribution in [0.25, 0.3) is 0 Å². The van der Waals surface area contributed by atoms with Crippen LogP contribution >= 0.6 is 0 Å². The number of hydrogen-bond donors (Lipinski definition) is 1. The molecule has 0 aliphatic carbocycles. The molecule has 0 radical (unpaired) electrons. The van der Waals surface area contributed by atoms with Crippen LogP contribution in [0.15, 0.2) is 53.6 Å². The number of hydrogen-bond acceptors (Lipinski definition) is 6. The molecule has 0 unspecified atom stereocenters. The topological polar surface area (TPSA) is 118 Å². The summed E-state index contributed by atoms with van der Waals surface area (Å²) >= 11 is 0. The molecule has 0 aliphatic rings. The molecule has 0 saturated heterocycles. The highest BCUT2D eigenvalue weighted by Gasteiger charge is 2.08. The third-order valence-electron chi connectivity index (χ3n) is 3.18. The molecule has 2 aromatic rings. The Morgan fingerprint density at radius 2 is 2.04 bits per heavy atom. The number of nitro benzene ring substituents is 1. The van der Waals surface area contributed by atoms with E-state index in [4.69, 9.17) is 10.00 Å². The highest BCUT2D eigenvalue weighted by Crippen LogP contribution is 2.14. The Morgan fingerprint density at radius 1 is 1.32 bits per heavy atom. The number of nitro groups is 1. The van der Waals surface area contributed by atoms with Gasteiger partial charge in [0.05, 0.1) is 22.3 Å². The normalized spacial score (nSPS) is 10.6. The highest BCUT2D eigenvalue weighted by atomic mass is 16.6. The van der Waals surface area contributed by atoms with E-state index in [1.807, 2.05) is 6.07 Å². The first-order chi connectivity index (χ1) is 12.0. The minimum Gasteiger partial charge on any atom is -0.484 e. The Bertz CT molecular complexity index is 854. The molecule has 8 heteroatoms. The van der Waals surface area contributed by atoms with Gasteiger partial charge in [0.25, 0.3) is 11.6 Å². The van der Waals surface area contributed by atoms with Crippen LogP contribution in [0, 0.1) is 21.4 Å². The number of amides is 1. The first-order valence-corrected chi connectivity index (χ1v) is 7.20. The zero-order valence-corrected chi connectivity index (χ0v) is 13.3. The van der Waals surface area contributed by atoms with E-state index in [2.05, 4.69) is 10.5 Å². The van der Waals surface area contributed by atoms with Crippen LogP contribution in [0.1, 0.15) is 18.1 Å². The summed E-state index contributed by atoms with van der Waals surface area (Å²) in [6, 6.07) is 14.3. The third-order valence-corrected chi connectivity index (χ3v) is 3.18. The second kappa shape index (κ2) is 8.21. The largest absolute Gasteiger partial charge is 0.484 e. The lowest BCUT2D eigenvalue weighted by Gasteiger charge is -2.06. The lowest BCUT2D eigenvalue weighted by molar-refractivity contribution is -0.384. The Kier molecular flexibility index (Phi) is 5.79. The molecule has 0 aromatic heterocycles. The van der Waals surface area contributed by atoms with Crippen LogP contribution in [0.2, 0.25) is 0 Å². The van der Waals surface area contributed by atoms with Gasteiger partial charge in [-0.3, -0.25) is 14.9 Å². The van der Waals surface area contributed by atoms with Crippen molar-refractivity contribution in [1.82, 2.24) is 5.43 Å². The van der Waals surface area contributed by atoms with Gasteiger partial charge in [-0.05, 0) is 31.2 Å². The van der Waals surface area contributed by atoms with Crippen LogP contribution in [0.4, 0.5) is 5.69 Å². The molecule has 126 valence electrons. The average molecular weight is 338 g/mol. The lowest BCUT2D eigenvalue weighted by atomic mass is 10.1. The summed E-state index contributed by atoms with van der Waals surface area (Å²) in [6.07, 6.45) is 0. The minimum absolute atomic E-state index is 0.0532. The van der Waals surface area contributed by atoms with Gasteiger partial charge in [-0.15, -0.1) is 0 Å². The average Bonchev–Trinajstić information content (AvgIpc) is 2.64. The quantitative estimate of drug-likeness (QED) is 0.493. The van der Waals surface area contributed by atoms with Crippen molar-refractivity contribution >= 4 is 17.3 Å². The van der Waals surface area contributed by atoms with Gasteiger partial charge in [0.15, 0.2) is 6.61 Å². The van der Waals surface area contributed by atoms with Gasteiger partial charge in [0, 0.05) is 17.7 Å². The van der Waals surface area contributed by atoms with E-state index in [9.17, 15) is 14.9 Å². The molecular weight excluding hydrogens is 324 g/mol. The zero-order valence-electron chi connectivity index (χ0n) is 13.3. The molecule has 0 atom stereocenters. The van der Waals surface area contributed by atoms with Crippen LogP contribution in [0.5, 0.6) is 5.75 Å². The van der Waals surface area contributed by atoms with Crippen molar-refractivity contribution in [2.24, 2.45) is 5.10 Å². The Balaban J connectivity index is 1.91. The highest BCUT2D eigenvalue weighted by molar-refractivity contribution is 5.99. The maximum Gasteiger partial charge on any atom is 0.277 e. The summed E-state index contributed by atoms with van der Waals surface area (Å²) in [5, 5.41) is 23.4. The molecule has 2 aromatic carbocycles. The number of benzene rings is 2. The molecule has 0 bridgehead atoms. The molecule has 0 aliphatic heterocycles. The van der Waals surface area contributed by atoms with Crippen LogP contribution in [-0.4, -0.2) is 23.1 Å². The second-order valence-corrected chi connectivity index (χ2v) is 4.96. The van der Waals surface area contributed by atoms with Gasteiger partial charge < -0.3 is 4.74 Å². The molecular formula is C17H14N4O4. The Morgan fingerprint density at radius 3 is 2.68 bits per heavy atom. The van der Waals surface area contributed by atoms with Gasteiger partial charge in [-0.1, -0.05) is 12.1 Å². The summed E-state index contributed by atoms with van der Waals surface area (Å²) in [4.78, 5) is 22.0. The van der Waals surface area contributed by atoms with E-state index < -0.39 is 10.8 Å². The zero-order chi connectivity index (χ0) is 18.2. The first-order valence-electron chi connectivity index (χ1n) is 7.20. The van der Waals surface area contributed by atoms with Crippen LogP contribution < -0.4 is 10.2 Å². The standard InChI is InChI=1S/C17H14N4O4/c1-12(14-3-2-4-15(9-14)21(23)24)19-20-17(22)11-25-16-7-5-13(10-18)6-8-16/h2-9H,11H2,1H3,(H,20,22)/b19-12+. The summed E-state index contributed by atoms with van der Waals surface area (Å²) in [5.41, 5.74) is 3.72. The molecule has 0 fully saturated rings. The van der Waals surface area contributed by atoms with Gasteiger partial charge in [-0.2, -0.15) is 10.4 Å². The molecule has 2 rings (SSSR count). The van der Waals surface area contributed by atoms with Crippen molar-refractivity contribution in [3.8, 4) is 11.8 Å². The predicted molar refractivity (Wildman–Crippen MR) is 90.1 cm³/mol. The summed E-state index contributed by atoms with van der Waals surface area (Å²) < 4.78 is 5.28. The molecule has 1 N–H and O–H groups in total. The van der Waals surface area contributed by atoms with E-state index in [0.717, 1.165) is 0 Å². The Hall–Kier alpha value is -3.73. The van der Waals surface area contributed by atoms with Crippen LogP contribution in [-0.2, 0) is 4.79 Å². The molecule has 8 nitrogen and oxygen atoms in total. The lowest BCUT2D eigenvalue weighted by Crippen LogP contribution is -2.25. The second-order valence-electron chi connectivity index (χ2n) is 4.96. The molecule has 25 heavy (non-hydrogen) atoms. The van der Waals surface area contributed by atoms with Crippen molar-refractivity contribution in [2.75, 3.05) is 6.61 Å². The number of carbonyl (C=O) groups is 1. The third kappa shape index (κ3) is 5.14. The summed E-state index contributed by atoms with van der Waals surface area (Å²) in [5.74, 6) is -0.0253. The van der Waals surface area contributed by atoms with Gasteiger partial charge in [-0.25, -0.2) is 5.43 Å². The maximum absolute atomic E-state index is 11.7. The van der Waals surface area contributed by atoms with Crippen molar-refractivity contribution in [3.63, 3.8) is 0 Å². The fourth-order valence-electron chi connectivity index (χ4n) is 1.86. The SMILES string of the molecule is C/C(=N\NC(=O)COc1ccc(C#N)cc1)c1cccc([N+](=O)[O-])c1. The van der Waals surface area contributed by atoms with Crippen LogP contribution in [0.3, 0.4) is 0 Å². The number of nitrogens with one attached hydrogen (secondary N) is 1. The maximum atomic E-state index is 11.7. The smallest absolute Gasteiger partial charge is 0.277 e. The summed E-state index contributed by atoms with van der Waals surface area (Å²) in [6.45, 7) is 1.37. The van der Waals surface area contributed by atoms with Gasteiger partial charge >= 0.3 is 0 Å². The first kappa shape index (κ1) is 17.6. The van der Waals surface area contributed by atoms with E-state index in [1.165, 1.54) is 12.1 Å². The number of ether oxygens (including phenoxy) is 1. The van der Waals surface area contributed by atoms with Crippen molar-refractivity contribution in [1.29, 1.82) is 5.26 Å². The molecule has 0 saturated carbocycles. The van der Waals surface area contributed by atoms with E-state index in [1.54, 1.807) is 43.3 Å². The molecule has 0 spiro atoms. The number of carbonyl (C=O) groups excluding carboxylic acids is 1. The van der Waals surface area contributed by atoms with Crippen molar-refractivity contribution < 1.29 is 14.5 Å². The van der Waals surface area contributed by atoms with E-state index in [-0.39, 0.29) is 12.3 Å². The number of nitrogens with zero attached hydrogens (tertiary/aromatic N) is 3. The van der Waals surface area contributed by atoms with Gasteiger partial charge in [0.1, 0.15) is 5.75 Å².